The average Bonchev–Trinajstić information content (AvgIpc) is 2.73. The van der Waals surface area contributed by atoms with E-state index in [1.165, 1.54) is 4.68 Å². The summed E-state index contributed by atoms with van der Waals surface area (Å²) in [5, 5.41) is 10.2. The van der Waals surface area contributed by atoms with E-state index < -0.39 is 0 Å². The first kappa shape index (κ1) is 11.3. The average molecular weight is 231 g/mol. The molecule has 0 saturated heterocycles. The number of nitrogens with zero attached hydrogens (tertiary/aromatic N) is 4. The van der Waals surface area contributed by atoms with E-state index in [0.717, 1.165) is 5.69 Å². The number of carbonyl (C=O) groups excluding carboxylic acids is 1. The first-order valence-corrected chi connectivity index (χ1v) is 5.30. The number of aryl methyl sites for hydroxylation is 2. The fourth-order valence-corrected chi connectivity index (χ4v) is 1.40. The highest BCUT2D eigenvalue weighted by molar-refractivity contribution is 5.89. The zero-order valence-electron chi connectivity index (χ0n) is 9.50. The Balaban J connectivity index is 1.82. The second-order valence-corrected chi connectivity index (χ2v) is 3.65. The van der Waals surface area contributed by atoms with Gasteiger partial charge in [-0.25, -0.2) is 0 Å². The molecule has 0 aliphatic rings. The predicted octanol–water partition coefficient (Wildman–Crippen LogP) is 0.781. The summed E-state index contributed by atoms with van der Waals surface area (Å²) in [6, 6.07) is 5.65. The highest BCUT2D eigenvalue weighted by Crippen LogP contribution is 2.02. The molecular weight excluding hydrogens is 218 g/mol. The Bertz CT molecular complexity index is 494. The minimum absolute atomic E-state index is 0.0869. The zero-order valence-corrected chi connectivity index (χ0v) is 9.50. The van der Waals surface area contributed by atoms with Crippen LogP contribution < -0.4 is 5.32 Å². The van der Waals surface area contributed by atoms with E-state index in [2.05, 4.69) is 20.6 Å². The van der Waals surface area contributed by atoms with Gasteiger partial charge in [0.1, 0.15) is 0 Å². The van der Waals surface area contributed by atoms with Crippen LogP contribution in [-0.4, -0.2) is 25.9 Å². The molecule has 2 aromatic heterocycles. The van der Waals surface area contributed by atoms with Crippen molar-refractivity contribution >= 4 is 11.7 Å². The number of anilines is 1. The van der Waals surface area contributed by atoms with Crippen molar-refractivity contribution in [3.63, 3.8) is 0 Å². The Kier molecular flexibility index (Phi) is 3.44. The summed E-state index contributed by atoms with van der Waals surface area (Å²) in [6.45, 7) is 0. The lowest BCUT2D eigenvalue weighted by molar-refractivity contribution is -0.116. The Morgan fingerprint density at radius 1 is 1.47 bits per heavy atom. The van der Waals surface area contributed by atoms with Gasteiger partial charge in [-0.2, -0.15) is 0 Å². The molecule has 88 valence electrons. The molecule has 6 nitrogen and oxygen atoms in total. The molecule has 0 saturated carbocycles. The van der Waals surface area contributed by atoms with E-state index in [-0.39, 0.29) is 5.91 Å². The van der Waals surface area contributed by atoms with Gasteiger partial charge in [-0.1, -0.05) is 11.3 Å². The normalized spacial score (nSPS) is 10.2. The number of carbonyl (C=O) groups is 1. The SMILES string of the molecule is Cn1cc(NC(=O)CCc2ccccn2)nn1. The molecule has 0 aliphatic heterocycles. The molecule has 6 heteroatoms. The van der Waals surface area contributed by atoms with Gasteiger partial charge in [-0.3, -0.25) is 14.5 Å². The van der Waals surface area contributed by atoms with Crippen molar-refractivity contribution in [2.45, 2.75) is 12.8 Å². The maximum Gasteiger partial charge on any atom is 0.226 e. The lowest BCUT2D eigenvalue weighted by atomic mass is 10.2. The number of nitrogens with one attached hydrogen (secondary N) is 1. The number of rotatable bonds is 4. The van der Waals surface area contributed by atoms with Crippen molar-refractivity contribution in [2.75, 3.05) is 5.32 Å². The second-order valence-electron chi connectivity index (χ2n) is 3.65. The van der Waals surface area contributed by atoms with E-state index in [1.807, 2.05) is 18.2 Å². The summed E-state index contributed by atoms with van der Waals surface area (Å²) >= 11 is 0. The third-order valence-electron chi connectivity index (χ3n) is 2.20. The molecule has 0 radical (unpaired) electrons. The van der Waals surface area contributed by atoms with Crippen LogP contribution in [0.5, 0.6) is 0 Å². The van der Waals surface area contributed by atoms with E-state index in [9.17, 15) is 4.79 Å². The minimum atomic E-state index is -0.0869. The molecule has 0 aliphatic carbocycles. The molecular formula is C11H13N5O. The summed E-state index contributed by atoms with van der Waals surface area (Å²) in [6.07, 6.45) is 4.37. The highest BCUT2D eigenvalue weighted by atomic mass is 16.1. The van der Waals surface area contributed by atoms with Crippen LogP contribution in [0.4, 0.5) is 5.82 Å². The van der Waals surface area contributed by atoms with Crippen LogP contribution >= 0.6 is 0 Å². The van der Waals surface area contributed by atoms with Gasteiger partial charge in [-0.05, 0) is 18.6 Å². The van der Waals surface area contributed by atoms with Gasteiger partial charge in [0.05, 0.1) is 6.20 Å². The minimum Gasteiger partial charge on any atom is -0.308 e. The van der Waals surface area contributed by atoms with Crippen molar-refractivity contribution in [3.8, 4) is 0 Å². The van der Waals surface area contributed by atoms with E-state index in [1.54, 1.807) is 19.4 Å². The molecule has 2 aromatic rings. The number of amides is 1. The third-order valence-corrected chi connectivity index (χ3v) is 2.20. The number of hydrogen-bond acceptors (Lipinski definition) is 4. The van der Waals surface area contributed by atoms with Gasteiger partial charge in [0.2, 0.25) is 5.91 Å². The number of hydrogen-bond donors (Lipinski definition) is 1. The van der Waals surface area contributed by atoms with E-state index >= 15 is 0 Å². The number of aromatic nitrogens is 4. The quantitative estimate of drug-likeness (QED) is 0.844. The summed E-state index contributed by atoms with van der Waals surface area (Å²) in [7, 11) is 1.75. The maximum atomic E-state index is 11.6. The van der Waals surface area contributed by atoms with Gasteiger partial charge in [0.15, 0.2) is 5.82 Å². The van der Waals surface area contributed by atoms with Crippen LogP contribution in [0.3, 0.4) is 0 Å². The first-order chi connectivity index (χ1) is 8.24. The molecule has 0 atom stereocenters. The maximum absolute atomic E-state index is 11.6. The van der Waals surface area contributed by atoms with Crippen molar-refractivity contribution in [3.05, 3.63) is 36.3 Å². The Morgan fingerprint density at radius 2 is 2.35 bits per heavy atom. The molecule has 1 N–H and O–H groups in total. The fourth-order valence-electron chi connectivity index (χ4n) is 1.40. The second kappa shape index (κ2) is 5.20. The number of pyridine rings is 1. The van der Waals surface area contributed by atoms with Gasteiger partial charge >= 0.3 is 0 Å². The van der Waals surface area contributed by atoms with Gasteiger partial charge in [-0.15, -0.1) is 5.10 Å². The Morgan fingerprint density at radius 3 is 3.00 bits per heavy atom. The van der Waals surface area contributed by atoms with Crippen molar-refractivity contribution in [1.29, 1.82) is 0 Å². The topological polar surface area (TPSA) is 72.7 Å². The third kappa shape index (κ3) is 3.37. The predicted molar refractivity (Wildman–Crippen MR) is 62.2 cm³/mol. The Hall–Kier alpha value is -2.24. The first-order valence-electron chi connectivity index (χ1n) is 5.30. The van der Waals surface area contributed by atoms with Crippen LogP contribution in [0, 0.1) is 0 Å². The van der Waals surface area contributed by atoms with Crippen LogP contribution in [-0.2, 0) is 18.3 Å². The lowest BCUT2D eigenvalue weighted by Gasteiger charge is -2.00. The summed E-state index contributed by atoms with van der Waals surface area (Å²) in [4.78, 5) is 15.7. The van der Waals surface area contributed by atoms with E-state index in [0.29, 0.717) is 18.7 Å². The fraction of sp³-hybridized carbons (Fsp3) is 0.273. The van der Waals surface area contributed by atoms with Gasteiger partial charge in [0.25, 0.3) is 0 Å². The van der Waals surface area contributed by atoms with Crippen LogP contribution in [0.25, 0.3) is 0 Å². The molecule has 0 bridgehead atoms. The van der Waals surface area contributed by atoms with Gasteiger partial charge < -0.3 is 5.32 Å². The summed E-state index contributed by atoms with van der Waals surface area (Å²) < 4.78 is 1.54. The van der Waals surface area contributed by atoms with Crippen molar-refractivity contribution < 1.29 is 4.79 Å². The largest absolute Gasteiger partial charge is 0.308 e. The molecule has 1 amide bonds. The smallest absolute Gasteiger partial charge is 0.226 e. The molecule has 0 unspecified atom stereocenters. The molecule has 0 fully saturated rings. The standard InChI is InChI=1S/C11H13N5O/c1-16-8-10(14-15-16)13-11(17)6-5-9-4-2-3-7-12-9/h2-4,7-8H,5-6H2,1H3,(H,13,17). The molecule has 0 aromatic carbocycles. The Labute approximate surface area is 98.7 Å². The van der Waals surface area contributed by atoms with Crippen LogP contribution in [0.2, 0.25) is 0 Å². The van der Waals surface area contributed by atoms with Gasteiger partial charge in [0, 0.05) is 25.4 Å². The molecule has 2 rings (SSSR count). The van der Waals surface area contributed by atoms with Crippen molar-refractivity contribution in [2.24, 2.45) is 7.05 Å². The summed E-state index contributed by atoms with van der Waals surface area (Å²) in [5.41, 5.74) is 0.904. The highest BCUT2D eigenvalue weighted by Gasteiger charge is 2.05. The van der Waals surface area contributed by atoms with Crippen molar-refractivity contribution in [1.82, 2.24) is 20.0 Å². The monoisotopic (exact) mass is 231 g/mol. The molecule has 17 heavy (non-hydrogen) atoms. The van der Waals surface area contributed by atoms with Crippen LogP contribution in [0.1, 0.15) is 12.1 Å². The zero-order chi connectivity index (χ0) is 12.1. The molecule has 2 heterocycles. The molecule has 0 spiro atoms. The van der Waals surface area contributed by atoms with E-state index in [4.69, 9.17) is 0 Å². The lowest BCUT2D eigenvalue weighted by Crippen LogP contribution is -2.12. The summed E-state index contributed by atoms with van der Waals surface area (Å²) in [5.74, 6) is 0.384. The van der Waals surface area contributed by atoms with Crippen LogP contribution in [0.15, 0.2) is 30.6 Å².